The summed E-state index contributed by atoms with van der Waals surface area (Å²) >= 11 is 1.79. The predicted molar refractivity (Wildman–Crippen MR) is 235 cm³/mol. The summed E-state index contributed by atoms with van der Waals surface area (Å²) < 4.78 is 5.54. The first-order valence-electron chi connectivity index (χ1n) is 20.3. The number of nitrogens with zero attached hydrogens (tertiary/aromatic N) is 7. The van der Waals surface area contributed by atoms with Gasteiger partial charge >= 0.3 is 6.09 Å². The zero-order valence-electron chi connectivity index (χ0n) is 35.3. The van der Waals surface area contributed by atoms with Crippen LogP contribution in [0.5, 0.6) is 0 Å². The summed E-state index contributed by atoms with van der Waals surface area (Å²) in [5, 5.41) is 7.71. The number of fused-ring (bicyclic) bond motifs is 1. The Morgan fingerprint density at radius 3 is 2.44 bits per heavy atom. The van der Waals surface area contributed by atoms with E-state index in [4.69, 9.17) is 14.7 Å². The standard InChI is InChI=1S/C45H55N9O4S/c1-28(39-16-17-40(59-39)36-15-10-9-12-32(36)25-51(7)8)47-42-37-23-41(46-24-38(37)48-29(2)49-42)53-26-33(27-53)50-43(56)31-13-11-14-35(22-31)54(30(3)55)34-18-20-52(21-19-34)44(57)58-45(4,5)6/h9-17,22-24,28,33-34H,18-21,25-27H2,1-8H3,(H,50,56)(H,47,48,49). The van der Waals surface area contributed by atoms with Crippen LogP contribution in [0.2, 0.25) is 0 Å². The molecule has 1 atom stereocenters. The molecule has 2 aromatic carbocycles. The maximum absolute atomic E-state index is 13.5. The highest BCUT2D eigenvalue weighted by Gasteiger charge is 2.33. The fraction of sp³-hybridized carbons (Fsp3) is 0.422. The molecular formula is C45H55N9O4S. The number of carbonyl (C=O) groups excluding carboxylic acids is 3. The van der Waals surface area contributed by atoms with Gasteiger partial charge in [-0.1, -0.05) is 30.3 Å². The Kier molecular flexibility index (Phi) is 12.2. The number of rotatable bonds is 11. The molecule has 310 valence electrons. The van der Waals surface area contributed by atoms with Crippen LogP contribution >= 0.6 is 11.3 Å². The molecule has 0 spiro atoms. The molecule has 59 heavy (non-hydrogen) atoms. The summed E-state index contributed by atoms with van der Waals surface area (Å²) in [6, 6.07) is 22.0. The zero-order chi connectivity index (χ0) is 42.0. The van der Waals surface area contributed by atoms with Crippen LogP contribution in [0, 0.1) is 6.92 Å². The second-order valence-electron chi connectivity index (χ2n) is 16.9. The molecule has 2 aliphatic rings. The molecule has 14 heteroatoms. The number of ether oxygens (including phenoxy) is 1. The third-order valence-corrected chi connectivity index (χ3v) is 11.9. The Labute approximate surface area is 350 Å². The van der Waals surface area contributed by atoms with E-state index in [1.54, 1.807) is 45.5 Å². The molecule has 3 aromatic heterocycles. The van der Waals surface area contributed by atoms with Crippen molar-refractivity contribution >= 4 is 57.5 Å². The number of amides is 3. The van der Waals surface area contributed by atoms with Gasteiger partial charge in [0.1, 0.15) is 23.1 Å². The van der Waals surface area contributed by atoms with Gasteiger partial charge in [-0.3, -0.25) is 9.59 Å². The molecule has 1 unspecified atom stereocenters. The molecule has 2 aliphatic heterocycles. The van der Waals surface area contributed by atoms with Crippen LogP contribution in [0.4, 0.5) is 22.1 Å². The first-order chi connectivity index (χ1) is 28.1. The number of nitrogens with one attached hydrogen (secondary N) is 2. The van der Waals surface area contributed by atoms with Gasteiger partial charge in [0.15, 0.2) is 0 Å². The summed E-state index contributed by atoms with van der Waals surface area (Å²) in [5.74, 6) is 1.90. The lowest BCUT2D eigenvalue weighted by Crippen LogP contribution is -2.59. The largest absolute Gasteiger partial charge is 0.444 e. The second-order valence-corrected chi connectivity index (χ2v) is 18.0. The number of hydrogen-bond acceptors (Lipinski definition) is 11. The highest BCUT2D eigenvalue weighted by molar-refractivity contribution is 7.15. The van der Waals surface area contributed by atoms with Crippen LogP contribution in [-0.4, -0.2) is 101 Å². The molecule has 0 bridgehead atoms. The van der Waals surface area contributed by atoms with Gasteiger partial charge in [-0.2, -0.15) is 0 Å². The van der Waals surface area contributed by atoms with E-state index in [9.17, 15) is 14.4 Å². The van der Waals surface area contributed by atoms with Gasteiger partial charge in [-0.25, -0.2) is 19.7 Å². The van der Waals surface area contributed by atoms with Crippen molar-refractivity contribution in [1.82, 2.24) is 30.1 Å². The van der Waals surface area contributed by atoms with Crippen molar-refractivity contribution < 1.29 is 19.1 Å². The van der Waals surface area contributed by atoms with Gasteiger partial charge in [-0.15, -0.1) is 11.3 Å². The van der Waals surface area contributed by atoms with Gasteiger partial charge < -0.3 is 35.0 Å². The number of piperidine rings is 1. The lowest BCUT2D eigenvalue weighted by Gasteiger charge is -2.40. The fourth-order valence-corrected chi connectivity index (χ4v) is 8.84. The minimum atomic E-state index is -0.572. The first-order valence-corrected chi connectivity index (χ1v) is 21.1. The molecule has 0 aliphatic carbocycles. The van der Waals surface area contributed by atoms with E-state index < -0.39 is 5.60 Å². The Hall–Kier alpha value is -5.60. The van der Waals surface area contributed by atoms with E-state index in [0.29, 0.717) is 56.1 Å². The fourth-order valence-electron chi connectivity index (χ4n) is 7.77. The van der Waals surface area contributed by atoms with E-state index in [1.807, 2.05) is 39.8 Å². The van der Waals surface area contributed by atoms with E-state index >= 15 is 0 Å². The molecular weight excluding hydrogens is 763 g/mol. The predicted octanol–water partition coefficient (Wildman–Crippen LogP) is 7.67. The smallest absolute Gasteiger partial charge is 0.410 e. The molecule has 3 amide bonds. The number of hydrogen-bond donors (Lipinski definition) is 2. The highest BCUT2D eigenvalue weighted by Crippen LogP contribution is 2.36. The van der Waals surface area contributed by atoms with E-state index in [1.165, 1.54) is 27.8 Å². The third-order valence-electron chi connectivity index (χ3n) is 10.6. The number of likely N-dealkylation sites (tertiary alicyclic amines) is 1. The van der Waals surface area contributed by atoms with Crippen LogP contribution in [0.25, 0.3) is 21.3 Å². The molecule has 7 rings (SSSR count). The second kappa shape index (κ2) is 17.3. The van der Waals surface area contributed by atoms with Crippen molar-refractivity contribution in [2.75, 3.05) is 55.4 Å². The van der Waals surface area contributed by atoms with Crippen molar-refractivity contribution in [3.8, 4) is 10.4 Å². The van der Waals surface area contributed by atoms with Crippen LogP contribution in [-0.2, 0) is 16.1 Å². The number of aryl methyl sites for hydroxylation is 1. The molecule has 2 saturated heterocycles. The maximum Gasteiger partial charge on any atom is 0.410 e. The van der Waals surface area contributed by atoms with Crippen LogP contribution in [0.3, 0.4) is 0 Å². The highest BCUT2D eigenvalue weighted by atomic mass is 32.1. The van der Waals surface area contributed by atoms with Gasteiger partial charge in [0.25, 0.3) is 5.91 Å². The van der Waals surface area contributed by atoms with Crippen molar-refractivity contribution in [3.63, 3.8) is 0 Å². The monoisotopic (exact) mass is 817 g/mol. The van der Waals surface area contributed by atoms with Crippen LogP contribution in [0.15, 0.2) is 72.9 Å². The number of carbonyl (C=O) groups is 3. The zero-order valence-corrected chi connectivity index (χ0v) is 36.1. The van der Waals surface area contributed by atoms with Gasteiger partial charge in [0, 0.05) is 72.1 Å². The number of aromatic nitrogens is 3. The quantitative estimate of drug-likeness (QED) is 0.137. The normalized spacial score (nSPS) is 15.5. The van der Waals surface area contributed by atoms with Crippen molar-refractivity contribution in [3.05, 3.63) is 94.8 Å². The average Bonchev–Trinajstić information content (AvgIpc) is 3.66. The van der Waals surface area contributed by atoms with Gasteiger partial charge in [0.05, 0.1) is 23.8 Å². The minimum absolute atomic E-state index is 0.00527. The third kappa shape index (κ3) is 9.82. The molecule has 2 fully saturated rings. The summed E-state index contributed by atoms with van der Waals surface area (Å²) in [6.45, 7) is 14.2. The Bertz CT molecular complexity index is 2330. The molecule has 2 N–H and O–H groups in total. The Morgan fingerprint density at radius 1 is 0.983 bits per heavy atom. The summed E-state index contributed by atoms with van der Waals surface area (Å²) in [5.41, 5.74) is 3.89. The van der Waals surface area contributed by atoms with Crippen LogP contribution in [0.1, 0.15) is 80.1 Å². The minimum Gasteiger partial charge on any atom is -0.444 e. The van der Waals surface area contributed by atoms with Gasteiger partial charge in [-0.05, 0) is 109 Å². The molecule has 13 nitrogen and oxygen atoms in total. The van der Waals surface area contributed by atoms with Crippen molar-refractivity contribution in [2.45, 2.75) is 84.7 Å². The Morgan fingerprint density at radius 2 is 1.73 bits per heavy atom. The van der Waals surface area contributed by atoms with Crippen molar-refractivity contribution in [1.29, 1.82) is 0 Å². The van der Waals surface area contributed by atoms with E-state index in [-0.39, 0.29) is 36.0 Å². The molecule has 5 heterocycles. The summed E-state index contributed by atoms with van der Waals surface area (Å²) in [7, 11) is 4.18. The molecule has 5 aromatic rings. The van der Waals surface area contributed by atoms with Crippen molar-refractivity contribution in [2.24, 2.45) is 0 Å². The maximum atomic E-state index is 13.5. The lowest BCUT2D eigenvalue weighted by atomic mass is 10.0. The lowest BCUT2D eigenvalue weighted by molar-refractivity contribution is -0.117. The SMILES string of the molecule is CC(=O)N(c1cccc(C(=O)NC2CN(c3cc4c(NC(C)c5ccc(-c6ccccc6CN(C)C)s5)nc(C)nc4cn3)C2)c1)C1CCN(C(=O)OC(C)(C)C)CC1. The topological polar surface area (TPSA) is 136 Å². The number of pyridine rings is 1. The van der Waals surface area contributed by atoms with Gasteiger partial charge in [0.2, 0.25) is 5.91 Å². The summed E-state index contributed by atoms with van der Waals surface area (Å²) in [4.78, 5) is 63.5. The first kappa shape index (κ1) is 41.6. The average molecular weight is 818 g/mol. The number of thiophene rings is 1. The van der Waals surface area contributed by atoms with E-state index in [0.717, 1.165) is 29.1 Å². The van der Waals surface area contributed by atoms with Crippen LogP contribution < -0.4 is 20.4 Å². The Balaban J connectivity index is 0.980. The number of anilines is 3. The number of benzene rings is 2. The molecule has 0 radical (unpaired) electrons. The molecule has 0 saturated carbocycles. The van der Waals surface area contributed by atoms with E-state index in [2.05, 4.69) is 82.8 Å². The summed E-state index contributed by atoms with van der Waals surface area (Å²) in [6.07, 6.45) is 2.67.